The van der Waals surface area contributed by atoms with Gasteiger partial charge < -0.3 is 14.6 Å². The maximum atomic E-state index is 12.7. The molecule has 120 valence electrons. The minimum atomic E-state index is -0.162. The molecule has 0 radical (unpaired) electrons. The SMILES string of the molecule is COc1cccc2c1cc(C(=O)Nc1c(C)nn(C)c1C)n2C. The molecule has 2 aromatic heterocycles. The number of carbonyl (C=O) groups is 1. The Morgan fingerprint density at radius 3 is 2.61 bits per heavy atom. The van der Waals surface area contributed by atoms with Crippen molar-refractivity contribution in [3.05, 3.63) is 41.3 Å². The molecule has 0 fully saturated rings. The van der Waals surface area contributed by atoms with Crippen LogP contribution >= 0.6 is 0 Å². The Hall–Kier alpha value is -2.76. The molecule has 0 aliphatic carbocycles. The van der Waals surface area contributed by atoms with Crippen LogP contribution in [0, 0.1) is 13.8 Å². The highest BCUT2D eigenvalue weighted by Gasteiger charge is 2.18. The summed E-state index contributed by atoms with van der Waals surface area (Å²) < 4.78 is 9.01. The summed E-state index contributed by atoms with van der Waals surface area (Å²) in [5.41, 5.74) is 4.01. The highest BCUT2D eigenvalue weighted by atomic mass is 16.5. The number of nitrogens with one attached hydrogen (secondary N) is 1. The molecule has 0 bridgehead atoms. The summed E-state index contributed by atoms with van der Waals surface area (Å²) in [6, 6.07) is 7.62. The van der Waals surface area contributed by atoms with Gasteiger partial charge in [0.1, 0.15) is 11.4 Å². The van der Waals surface area contributed by atoms with Gasteiger partial charge in [-0.2, -0.15) is 5.10 Å². The van der Waals surface area contributed by atoms with Crippen molar-refractivity contribution in [3.8, 4) is 5.75 Å². The Bertz CT molecular complexity index is 905. The fourth-order valence-electron chi connectivity index (χ4n) is 2.86. The number of fused-ring (bicyclic) bond motifs is 1. The summed E-state index contributed by atoms with van der Waals surface area (Å²) in [6.07, 6.45) is 0. The van der Waals surface area contributed by atoms with Gasteiger partial charge in [-0.15, -0.1) is 0 Å². The molecule has 1 aromatic carbocycles. The molecule has 1 amide bonds. The van der Waals surface area contributed by atoms with Crippen LogP contribution in [0.15, 0.2) is 24.3 Å². The standard InChI is InChI=1S/C17H20N4O2/c1-10-16(11(2)21(4)19-10)18-17(22)14-9-12-13(20(14)3)7-6-8-15(12)23-5/h6-9H,1-5H3,(H,18,22). The van der Waals surface area contributed by atoms with Crippen LogP contribution < -0.4 is 10.1 Å². The first-order valence-electron chi connectivity index (χ1n) is 7.38. The number of methoxy groups -OCH3 is 1. The molecule has 0 atom stereocenters. The van der Waals surface area contributed by atoms with E-state index in [0.717, 1.165) is 33.7 Å². The zero-order chi connectivity index (χ0) is 16.7. The van der Waals surface area contributed by atoms with Crippen LogP contribution in [0.1, 0.15) is 21.9 Å². The first kappa shape index (κ1) is 15.1. The molecule has 0 unspecified atom stereocenters. The van der Waals surface area contributed by atoms with E-state index in [4.69, 9.17) is 4.74 Å². The predicted molar refractivity (Wildman–Crippen MR) is 90.1 cm³/mol. The van der Waals surface area contributed by atoms with Gasteiger partial charge in [0.2, 0.25) is 0 Å². The largest absolute Gasteiger partial charge is 0.496 e. The number of benzene rings is 1. The highest BCUT2D eigenvalue weighted by molar-refractivity contribution is 6.07. The number of nitrogens with zero attached hydrogens (tertiary/aromatic N) is 3. The maximum absolute atomic E-state index is 12.7. The van der Waals surface area contributed by atoms with Crippen molar-refractivity contribution in [3.63, 3.8) is 0 Å². The van der Waals surface area contributed by atoms with Gasteiger partial charge in [-0.1, -0.05) is 6.07 Å². The molecule has 6 heteroatoms. The molecule has 23 heavy (non-hydrogen) atoms. The fourth-order valence-corrected chi connectivity index (χ4v) is 2.86. The molecule has 0 aliphatic heterocycles. The molecule has 6 nitrogen and oxygen atoms in total. The first-order chi connectivity index (χ1) is 10.9. The summed E-state index contributed by atoms with van der Waals surface area (Å²) in [6.45, 7) is 3.81. The zero-order valence-corrected chi connectivity index (χ0v) is 14.0. The smallest absolute Gasteiger partial charge is 0.272 e. The summed E-state index contributed by atoms with van der Waals surface area (Å²) in [7, 11) is 5.36. The van der Waals surface area contributed by atoms with Crippen LogP contribution in [0.25, 0.3) is 10.9 Å². The van der Waals surface area contributed by atoms with Gasteiger partial charge in [0.05, 0.1) is 29.7 Å². The maximum Gasteiger partial charge on any atom is 0.272 e. The number of aryl methyl sites for hydroxylation is 3. The third-order valence-electron chi connectivity index (χ3n) is 4.25. The normalized spacial score (nSPS) is 11.0. The minimum absolute atomic E-state index is 0.162. The van der Waals surface area contributed by atoms with E-state index in [-0.39, 0.29) is 5.91 Å². The van der Waals surface area contributed by atoms with Crippen molar-refractivity contribution in [1.29, 1.82) is 0 Å². The molecule has 2 heterocycles. The molecule has 0 saturated carbocycles. The van der Waals surface area contributed by atoms with Gasteiger partial charge in [-0.25, -0.2) is 0 Å². The number of rotatable bonds is 3. The van der Waals surface area contributed by atoms with E-state index >= 15 is 0 Å². The van der Waals surface area contributed by atoms with Crippen molar-refractivity contribution in [2.75, 3.05) is 12.4 Å². The van der Waals surface area contributed by atoms with E-state index in [1.807, 2.05) is 56.8 Å². The molecule has 0 spiro atoms. The average Bonchev–Trinajstić information content (AvgIpc) is 2.99. The van der Waals surface area contributed by atoms with Crippen molar-refractivity contribution >= 4 is 22.5 Å². The van der Waals surface area contributed by atoms with Crippen LogP contribution in [-0.4, -0.2) is 27.4 Å². The third kappa shape index (κ3) is 2.36. The highest BCUT2D eigenvalue weighted by Crippen LogP contribution is 2.29. The Labute approximate surface area is 134 Å². The lowest BCUT2D eigenvalue weighted by molar-refractivity contribution is 0.101. The van der Waals surface area contributed by atoms with Crippen LogP contribution in [0.2, 0.25) is 0 Å². The van der Waals surface area contributed by atoms with Gasteiger partial charge >= 0.3 is 0 Å². The van der Waals surface area contributed by atoms with E-state index < -0.39 is 0 Å². The van der Waals surface area contributed by atoms with Crippen LogP contribution in [-0.2, 0) is 14.1 Å². The summed E-state index contributed by atoms with van der Waals surface area (Å²) >= 11 is 0. The summed E-state index contributed by atoms with van der Waals surface area (Å²) in [4.78, 5) is 12.7. The number of hydrogen-bond donors (Lipinski definition) is 1. The second kappa shape index (κ2) is 5.46. The number of hydrogen-bond acceptors (Lipinski definition) is 3. The van der Waals surface area contributed by atoms with E-state index in [2.05, 4.69) is 10.4 Å². The van der Waals surface area contributed by atoms with Crippen LogP contribution in [0.5, 0.6) is 5.75 Å². The fraction of sp³-hybridized carbons (Fsp3) is 0.294. The molecule has 1 N–H and O–H groups in total. The molecular weight excluding hydrogens is 292 g/mol. The Morgan fingerprint density at radius 1 is 1.26 bits per heavy atom. The van der Waals surface area contributed by atoms with Gasteiger partial charge in [-0.3, -0.25) is 9.48 Å². The molecule has 3 rings (SSSR count). The van der Waals surface area contributed by atoms with Gasteiger partial charge in [0.25, 0.3) is 5.91 Å². The van der Waals surface area contributed by atoms with Gasteiger partial charge in [0, 0.05) is 19.5 Å². The Balaban J connectivity index is 2.03. The number of amides is 1. The van der Waals surface area contributed by atoms with Crippen molar-refractivity contribution in [2.45, 2.75) is 13.8 Å². The van der Waals surface area contributed by atoms with E-state index in [0.29, 0.717) is 5.69 Å². The lowest BCUT2D eigenvalue weighted by Gasteiger charge is -2.07. The molecular formula is C17H20N4O2. The average molecular weight is 312 g/mol. The van der Waals surface area contributed by atoms with Gasteiger partial charge in [0.15, 0.2) is 0 Å². The zero-order valence-electron chi connectivity index (χ0n) is 14.0. The molecule has 3 aromatic rings. The van der Waals surface area contributed by atoms with Crippen molar-refractivity contribution in [1.82, 2.24) is 14.3 Å². The van der Waals surface area contributed by atoms with E-state index in [1.54, 1.807) is 11.8 Å². The lowest BCUT2D eigenvalue weighted by Crippen LogP contribution is -2.16. The topological polar surface area (TPSA) is 61.1 Å². The Kier molecular flexibility index (Phi) is 3.60. The van der Waals surface area contributed by atoms with Crippen LogP contribution in [0.4, 0.5) is 5.69 Å². The van der Waals surface area contributed by atoms with Crippen molar-refractivity contribution in [2.24, 2.45) is 14.1 Å². The molecule has 0 saturated heterocycles. The number of anilines is 1. The molecule has 0 aliphatic rings. The first-order valence-corrected chi connectivity index (χ1v) is 7.38. The second-order valence-electron chi connectivity index (χ2n) is 5.61. The quantitative estimate of drug-likeness (QED) is 0.809. The van der Waals surface area contributed by atoms with Crippen LogP contribution in [0.3, 0.4) is 0 Å². The van der Waals surface area contributed by atoms with E-state index in [1.165, 1.54) is 0 Å². The Morgan fingerprint density at radius 2 is 2.00 bits per heavy atom. The number of carbonyl (C=O) groups excluding carboxylic acids is 1. The number of aromatic nitrogens is 3. The number of ether oxygens (including phenoxy) is 1. The second-order valence-corrected chi connectivity index (χ2v) is 5.61. The van der Waals surface area contributed by atoms with Gasteiger partial charge in [-0.05, 0) is 32.0 Å². The van der Waals surface area contributed by atoms with E-state index in [9.17, 15) is 4.79 Å². The lowest BCUT2D eigenvalue weighted by atomic mass is 10.2. The monoisotopic (exact) mass is 312 g/mol. The third-order valence-corrected chi connectivity index (χ3v) is 4.25. The summed E-state index contributed by atoms with van der Waals surface area (Å²) in [5.74, 6) is 0.593. The predicted octanol–water partition coefficient (Wildman–Crippen LogP) is 2.79. The minimum Gasteiger partial charge on any atom is -0.496 e. The van der Waals surface area contributed by atoms with Crippen molar-refractivity contribution < 1.29 is 9.53 Å². The summed E-state index contributed by atoms with van der Waals surface area (Å²) in [5, 5.41) is 8.21.